The van der Waals surface area contributed by atoms with Crippen molar-refractivity contribution in [1.29, 1.82) is 0 Å². The molecule has 2 aliphatic heterocycles. The first kappa shape index (κ1) is 29.4. The quantitative estimate of drug-likeness (QED) is 0.419. The predicted molar refractivity (Wildman–Crippen MR) is 153 cm³/mol. The summed E-state index contributed by atoms with van der Waals surface area (Å²) in [5, 5.41) is 9.63. The van der Waals surface area contributed by atoms with Crippen molar-refractivity contribution in [2.24, 2.45) is 24.8 Å². The van der Waals surface area contributed by atoms with Crippen LogP contribution < -0.4 is 10.6 Å². The topological polar surface area (TPSA) is 117 Å². The Balaban J connectivity index is 1.10. The largest absolute Gasteiger partial charge is 0.435 e. The molecule has 3 amide bonds. The third-order valence-corrected chi connectivity index (χ3v) is 9.19. The molecule has 0 unspecified atom stereocenters. The lowest BCUT2D eigenvalue weighted by atomic mass is 10.1. The van der Waals surface area contributed by atoms with Crippen molar-refractivity contribution in [2.75, 3.05) is 44.6 Å². The Morgan fingerprint density at radius 3 is 2.40 bits per heavy atom. The molecular weight excluding hydrogens is 633 g/mol. The van der Waals surface area contributed by atoms with Crippen molar-refractivity contribution >= 4 is 39.3 Å². The van der Waals surface area contributed by atoms with E-state index < -0.39 is 17.8 Å². The number of halogens is 4. The summed E-state index contributed by atoms with van der Waals surface area (Å²) in [4.78, 5) is 46.8. The van der Waals surface area contributed by atoms with Crippen LogP contribution in [-0.4, -0.2) is 86.1 Å². The van der Waals surface area contributed by atoms with Crippen molar-refractivity contribution in [1.82, 2.24) is 34.4 Å². The monoisotopic (exact) mass is 662 g/mol. The summed E-state index contributed by atoms with van der Waals surface area (Å²) in [6, 6.07) is 4.75. The number of fused-ring (bicyclic) bond motifs is 1. The lowest BCUT2D eigenvalue weighted by Crippen LogP contribution is -2.51. The van der Waals surface area contributed by atoms with Crippen LogP contribution in [0, 0.1) is 17.8 Å². The highest BCUT2D eigenvalue weighted by atomic mass is 79.9. The van der Waals surface area contributed by atoms with Crippen LogP contribution in [-0.2, 0) is 24.6 Å². The highest BCUT2D eigenvalue weighted by Gasteiger charge is 2.58. The zero-order chi connectivity index (χ0) is 30.6. The highest BCUT2D eigenvalue weighted by molar-refractivity contribution is 9.10. The lowest BCUT2D eigenvalue weighted by Gasteiger charge is -2.35. The van der Waals surface area contributed by atoms with Crippen molar-refractivity contribution in [2.45, 2.75) is 19.6 Å². The van der Waals surface area contributed by atoms with Gasteiger partial charge in [-0.05, 0) is 66.0 Å². The lowest BCUT2D eigenvalue weighted by molar-refractivity contribution is -0.141. The molecule has 1 aliphatic carbocycles. The normalized spacial score (nSPS) is 21.6. The molecule has 15 heteroatoms. The van der Waals surface area contributed by atoms with E-state index in [1.54, 1.807) is 30.0 Å². The number of carbonyl (C=O) groups excluding carboxylic acids is 3. The molecule has 6 rings (SSSR count). The van der Waals surface area contributed by atoms with Crippen molar-refractivity contribution in [3.05, 3.63) is 52.1 Å². The Hall–Kier alpha value is -3.72. The summed E-state index contributed by atoms with van der Waals surface area (Å²) in [5.74, 6) is 0.307. The average molecular weight is 663 g/mol. The van der Waals surface area contributed by atoms with Crippen LogP contribution in [0.3, 0.4) is 0 Å². The van der Waals surface area contributed by atoms with Gasteiger partial charge in [0.25, 0.3) is 11.8 Å². The number of alkyl halides is 3. The van der Waals surface area contributed by atoms with Crippen LogP contribution in [0.1, 0.15) is 33.6 Å². The van der Waals surface area contributed by atoms with Crippen LogP contribution in [0.4, 0.5) is 18.9 Å². The first-order valence-electron chi connectivity index (χ1n) is 14.0. The van der Waals surface area contributed by atoms with E-state index in [1.165, 1.54) is 28.7 Å². The molecule has 2 saturated heterocycles. The summed E-state index contributed by atoms with van der Waals surface area (Å²) in [6.07, 6.45) is -2.19. The SMILES string of the molecule is CCn1cc(-c2cnc(C(=O)Nc3ccc(C(=O)N4CCN(C(=O)[C@H]5[C@@H]6CNC[C@@H]65)CC4)c(Br)c3)n2C)c(C(F)(F)F)n1. The van der Waals surface area contributed by atoms with Gasteiger partial charge in [-0.2, -0.15) is 18.3 Å². The number of hydrogen-bond acceptors (Lipinski definition) is 6. The summed E-state index contributed by atoms with van der Waals surface area (Å²) >= 11 is 3.43. The van der Waals surface area contributed by atoms with Crippen LogP contribution in [0.25, 0.3) is 11.3 Å². The Labute approximate surface area is 253 Å². The van der Waals surface area contributed by atoms with Gasteiger partial charge in [0.2, 0.25) is 5.91 Å². The standard InChI is InChI=1S/C28H30BrF3N8O3/c1-3-40-14-19(23(36-40)28(30,31)32)21-13-34-24(37(21)2)25(41)35-15-4-5-16(20(29)10-15)26(42)38-6-8-39(9-7-38)27(43)22-17-11-33-12-18(17)22/h4-5,10,13-14,17-18,22,33H,3,6-9,11-12H2,1-2H3,(H,35,41)/t17-,18+,22+. The van der Waals surface area contributed by atoms with Gasteiger partial charge in [0.15, 0.2) is 11.5 Å². The second kappa shape index (κ2) is 11.1. The smallest absolute Gasteiger partial charge is 0.339 e. The number of carbonyl (C=O) groups is 3. The summed E-state index contributed by atoms with van der Waals surface area (Å²) < 4.78 is 43.7. The first-order valence-corrected chi connectivity index (χ1v) is 14.8. The van der Waals surface area contributed by atoms with Gasteiger partial charge in [-0.3, -0.25) is 19.1 Å². The minimum absolute atomic E-state index is 0.0952. The van der Waals surface area contributed by atoms with Gasteiger partial charge in [-0.25, -0.2) is 4.98 Å². The van der Waals surface area contributed by atoms with Crippen LogP contribution in [0.5, 0.6) is 0 Å². The number of piperidine rings is 1. The molecule has 1 saturated carbocycles. The van der Waals surface area contributed by atoms with Crippen molar-refractivity contribution in [3.63, 3.8) is 0 Å². The molecule has 11 nitrogen and oxygen atoms in total. The van der Waals surface area contributed by atoms with Gasteiger partial charge in [0, 0.05) is 62.0 Å². The van der Waals surface area contributed by atoms with Crippen molar-refractivity contribution in [3.8, 4) is 11.3 Å². The van der Waals surface area contributed by atoms with Gasteiger partial charge in [-0.15, -0.1) is 0 Å². The maximum Gasteiger partial charge on any atom is 0.435 e. The van der Waals surface area contributed by atoms with Gasteiger partial charge < -0.3 is 25.0 Å². The van der Waals surface area contributed by atoms with Crippen LogP contribution in [0.15, 0.2) is 35.1 Å². The fraction of sp³-hybridized carbons (Fsp3) is 0.464. The van der Waals surface area contributed by atoms with E-state index in [0.717, 1.165) is 13.1 Å². The Kier molecular flexibility index (Phi) is 7.57. The molecule has 1 aromatic carbocycles. The molecular formula is C28H30BrF3N8O3. The first-order chi connectivity index (χ1) is 20.5. The van der Waals surface area contributed by atoms with E-state index in [1.807, 2.05) is 4.90 Å². The van der Waals surface area contributed by atoms with E-state index in [0.29, 0.717) is 53.7 Å². The predicted octanol–water partition coefficient (Wildman–Crippen LogP) is 3.09. The highest BCUT2D eigenvalue weighted by Crippen LogP contribution is 2.49. The van der Waals surface area contributed by atoms with E-state index in [2.05, 4.69) is 36.6 Å². The maximum atomic E-state index is 13.6. The average Bonchev–Trinajstić information content (AvgIpc) is 3.37. The number of nitrogens with zero attached hydrogens (tertiary/aromatic N) is 6. The number of aryl methyl sites for hydroxylation is 1. The number of nitrogens with one attached hydrogen (secondary N) is 2. The number of hydrogen-bond donors (Lipinski definition) is 2. The number of anilines is 1. The summed E-state index contributed by atoms with van der Waals surface area (Å²) in [7, 11) is 1.46. The minimum atomic E-state index is -4.67. The molecule has 0 spiro atoms. The fourth-order valence-electron chi connectivity index (χ4n) is 6.10. The molecule has 2 aromatic heterocycles. The van der Waals surface area contributed by atoms with Gasteiger partial charge in [0.05, 0.1) is 23.0 Å². The number of imidazole rings is 1. The number of rotatable bonds is 6. The summed E-state index contributed by atoms with van der Waals surface area (Å²) in [5.41, 5.74) is -0.353. The molecule has 3 atom stereocenters. The number of amides is 3. The fourth-order valence-corrected chi connectivity index (χ4v) is 6.65. The molecule has 3 fully saturated rings. The maximum absolute atomic E-state index is 13.6. The summed E-state index contributed by atoms with van der Waals surface area (Å²) in [6.45, 7) is 5.59. The third kappa shape index (κ3) is 5.44. The van der Waals surface area contributed by atoms with Crippen molar-refractivity contribution < 1.29 is 27.6 Å². The third-order valence-electron chi connectivity index (χ3n) is 8.53. The molecule has 43 heavy (non-hydrogen) atoms. The van der Waals surface area contributed by atoms with Crippen LogP contribution in [0.2, 0.25) is 0 Å². The second-order valence-electron chi connectivity index (χ2n) is 11.0. The van der Waals surface area contributed by atoms with E-state index in [-0.39, 0.29) is 41.4 Å². The van der Waals surface area contributed by atoms with E-state index >= 15 is 0 Å². The zero-order valence-corrected chi connectivity index (χ0v) is 25.1. The number of piperazine rings is 1. The molecule has 0 radical (unpaired) electrons. The molecule has 3 aromatic rings. The zero-order valence-electron chi connectivity index (χ0n) is 23.5. The minimum Gasteiger partial charge on any atom is -0.339 e. The molecule has 4 heterocycles. The van der Waals surface area contributed by atoms with Gasteiger partial charge in [0.1, 0.15) is 0 Å². The molecule has 0 bridgehead atoms. The Morgan fingerprint density at radius 1 is 1.09 bits per heavy atom. The number of benzene rings is 1. The van der Waals surface area contributed by atoms with E-state index in [4.69, 9.17) is 0 Å². The van der Waals surface area contributed by atoms with Gasteiger partial charge >= 0.3 is 6.18 Å². The van der Waals surface area contributed by atoms with Crippen LogP contribution >= 0.6 is 15.9 Å². The Morgan fingerprint density at radius 2 is 1.77 bits per heavy atom. The van der Waals surface area contributed by atoms with E-state index in [9.17, 15) is 27.6 Å². The number of aromatic nitrogens is 4. The molecule has 3 aliphatic rings. The van der Waals surface area contributed by atoms with Gasteiger partial charge in [-0.1, -0.05) is 0 Å². The molecule has 228 valence electrons. The molecule has 2 N–H and O–H groups in total. The Bertz CT molecular complexity index is 1580. The second-order valence-corrected chi connectivity index (χ2v) is 11.9.